The van der Waals surface area contributed by atoms with Gasteiger partial charge in [0.1, 0.15) is 5.75 Å². The Balaban J connectivity index is 3.10. The lowest BCUT2D eigenvalue weighted by Crippen LogP contribution is -2.05. The molecule has 0 aliphatic heterocycles. The lowest BCUT2D eigenvalue weighted by Gasteiger charge is -2.07. The molecular formula is C7H5BrF3NO. The first-order valence-corrected chi connectivity index (χ1v) is 4.38. The molecule has 13 heavy (non-hydrogen) atoms. The number of halogens is 4. The van der Waals surface area contributed by atoms with Crippen LogP contribution < -0.4 is 0 Å². The van der Waals surface area contributed by atoms with Crippen LogP contribution in [0.4, 0.5) is 13.2 Å². The molecule has 1 aromatic heterocycles. The van der Waals surface area contributed by atoms with Crippen LogP contribution in [-0.2, 0) is 11.5 Å². The van der Waals surface area contributed by atoms with Gasteiger partial charge in [0.15, 0.2) is 0 Å². The van der Waals surface area contributed by atoms with Crippen LogP contribution in [0.2, 0.25) is 0 Å². The summed E-state index contributed by atoms with van der Waals surface area (Å²) in [5.41, 5.74) is -0.761. The molecule has 0 unspecified atom stereocenters. The number of alkyl halides is 4. The van der Waals surface area contributed by atoms with E-state index in [1.165, 1.54) is 0 Å². The Morgan fingerprint density at radius 3 is 2.46 bits per heavy atom. The summed E-state index contributed by atoms with van der Waals surface area (Å²) in [4.78, 5) is 3.45. The van der Waals surface area contributed by atoms with Gasteiger partial charge in [-0.2, -0.15) is 13.2 Å². The third-order valence-electron chi connectivity index (χ3n) is 1.40. The summed E-state index contributed by atoms with van der Waals surface area (Å²) in [6, 6.07) is 0.656. The molecule has 0 saturated heterocycles. The van der Waals surface area contributed by atoms with Crippen LogP contribution in [0.25, 0.3) is 0 Å². The maximum Gasteiger partial charge on any atom is 0.418 e. The van der Waals surface area contributed by atoms with Crippen molar-refractivity contribution in [3.8, 4) is 5.75 Å². The smallest absolute Gasteiger partial charge is 0.418 e. The predicted octanol–water partition coefficient (Wildman–Crippen LogP) is 2.70. The van der Waals surface area contributed by atoms with E-state index in [1.807, 2.05) is 0 Å². The highest BCUT2D eigenvalue weighted by molar-refractivity contribution is 9.08. The van der Waals surface area contributed by atoms with Crippen LogP contribution in [0.1, 0.15) is 11.3 Å². The summed E-state index contributed by atoms with van der Waals surface area (Å²) >= 11 is 2.98. The van der Waals surface area contributed by atoms with Crippen molar-refractivity contribution >= 4 is 15.9 Å². The van der Waals surface area contributed by atoms with E-state index < -0.39 is 17.5 Å². The van der Waals surface area contributed by atoms with Crippen LogP contribution in [0.3, 0.4) is 0 Å². The number of rotatable bonds is 1. The normalized spacial score (nSPS) is 11.7. The van der Waals surface area contributed by atoms with Gasteiger partial charge in [0, 0.05) is 11.5 Å². The minimum absolute atomic E-state index is 0.188. The molecule has 72 valence electrons. The fourth-order valence-electron chi connectivity index (χ4n) is 0.739. The molecule has 0 aromatic carbocycles. The Bertz CT molecular complexity index is 313. The number of aromatic nitrogens is 1. The molecule has 1 rings (SSSR count). The summed E-state index contributed by atoms with van der Waals surface area (Å²) in [6.45, 7) is 0. The predicted molar refractivity (Wildman–Crippen MR) is 43.5 cm³/mol. The third kappa shape index (κ3) is 2.33. The zero-order valence-corrected chi connectivity index (χ0v) is 7.85. The second kappa shape index (κ2) is 3.53. The zero-order valence-electron chi connectivity index (χ0n) is 6.27. The van der Waals surface area contributed by atoms with Crippen LogP contribution in [0.5, 0.6) is 5.75 Å². The minimum Gasteiger partial charge on any atom is -0.506 e. The molecule has 1 heterocycles. The first-order valence-electron chi connectivity index (χ1n) is 3.26. The highest BCUT2D eigenvalue weighted by Gasteiger charge is 2.31. The number of hydrogen-bond acceptors (Lipinski definition) is 2. The molecule has 0 aliphatic rings. The molecule has 1 aromatic rings. The molecule has 2 nitrogen and oxygen atoms in total. The second-order valence-corrected chi connectivity index (χ2v) is 2.88. The van der Waals surface area contributed by atoms with Crippen molar-refractivity contribution < 1.29 is 18.3 Å². The average Bonchev–Trinajstić information content (AvgIpc) is 2.02. The van der Waals surface area contributed by atoms with Gasteiger partial charge >= 0.3 is 6.18 Å². The fourth-order valence-corrected chi connectivity index (χ4v) is 1.17. The van der Waals surface area contributed by atoms with Crippen LogP contribution in [-0.4, -0.2) is 10.1 Å². The molecule has 0 spiro atoms. The van der Waals surface area contributed by atoms with Crippen molar-refractivity contribution in [3.63, 3.8) is 0 Å². The monoisotopic (exact) mass is 255 g/mol. The van der Waals surface area contributed by atoms with E-state index in [2.05, 4.69) is 20.9 Å². The molecule has 6 heteroatoms. The number of pyridine rings is 1. The van der Waals surface area contributed by atoms with Crippen molar-refractivity contribution in [2.24, 2.45) is 0 Å². The van der Waals surface area contributed by atoms with E-state index in [0.717, 1.165) is 0 Å². The molecule has 0 atom stereocenters. The van der Waals surface area contributed by atoms with Crippen molar-refractivity contribution in [1.82, 2.24) is 4.98 Å². The molecule has 0 saturated carbocycles. The first kappa shape index (κ1) is 10.3. The van der Waals surface area contributed by atoms with E-state index >= 15 is 0 Å². The van der Waals surface area contributed by atoms with E-state index in [4.69, 9.17) is 5.11 Å². The fraction of sp³-hybridized carbons (Fsp3) is 0.286. The summed E-state index contributed by atoms with van der Waals surface area (Å²) < 4.78 is 36.1. The maximum atomic E-state index is 12.0. The topological polar surface area (TPSA) is 33.1 Å². The SMILES string of the molecule is Oc1cc(C(F)(F)F)cnc1CBr. The van der Waals surface area contributed by atoms with Gasteiger partial charge in [0.05, 0.1) is 11.3 Å². The Morgan fingerprint density at radius 2 is 2.08 bits per heavy atom. The molecular weight excluding hydrogens is 251 g/mol. The summed E-state index contributed by atoms with van der Waals surface area (Å²) in [5, 5.41) is 9.28. The highest BCUT2D eigenvalue weighted by atomic mass is 79.9. The minimum atomic E-state index is -4.46. The maximum absolute atomic E-state index is 12.0. The van der Waals surface area contributed by atoms with Gasteiger partial charge in [-0.3, -0.25) is 4.98 Å². The van der Waals surface area contributed by atoms with Crippen LogP contribution in [0.15, 0.2) is 12.3 Å². The largest absolute Gasteiger partial charge is 0.506 e. The highest BCUT2D eigenvalue weighted by Crippen LogP contribution is 2.31. The number of aromatic hydroxyl groups is 1. The number of hydrogen-bond donors (Lipinski definition) is 1. The Kier molecular flexibility index (Phi) is 2.80. The van der Waals surface area contributed by atoms with Gasteiger partial charge in [-0.1, -0.05) is 15.9 Å². The van der Waals surface area contributed by atoms with Gasteiger partial charge in [-0.05, 0) is 6.07 Å². The average molecular weight is 256 g/mol. The Morgan fingerprint density at radius 1 is 1.46 bits per heavy atom. The lowest BCUT2D eigenvalue weighted by molar-refractivity contribution is -0.137. The molecule has 0 fully saturated rings. The summed E-state index contributed by atoms with van der Waals surface area (Å²) in [6.07, 6.45) is -3.77. The van der Waals surface area contributed by atoms with E-state index in [9.17, 15) is 13.2 Å². The molecule has 0 amide bonds. The third-order valence-corrected chi connectivity index (χ3v) is 1.93. The Labute approximate surface area is 80.5 Å². The molecule has 0 bridgehead atoms. The van der Waals surface area contributed by atoms with E-state index in [0.29, 0.717) is 12.3 Å². The quantitative estimate of drug-likeness (QED) is 0.783. The zero-order chi connectivity index (χ0) is 10.1. The molecule has 1 N–H and O–H groups in total. The first-order chi connectivity index (χ1) is 5.95. The molecule has 0 aliphatic carbocycles. The molecule has 0 radical (unpaired) electrons. The summed E-state index contributed by atoms with van der Waals surface area (Å²) in [7, 11) is 0. The lowest BCUT2D eigenvalue weighted by atomic mass is 10.2. The van der Waals surface area contributed by atoms with Crippen LogP contribution >= 0.6 is 15.9 Å². The van der Waals surface area contributed by atoms with Crippen molar-refractivity contribution in [1.29, 1.82) is 0 Å². The van der Waals surface area contributed by atoms with Gasteiger partial charge in [-0.15, -0.1) is 0 Å². The van der Waals surface area contributed by atoms with E-state index in [-0.39, 0.29) is 11.0 Å². The van der Waals surface area contributed by atoms with Crippen molar-refractivity contribution in [2.45, 2.75) is 11.5 Å². The van der Waals surface area contributed by atoms with Gasteiger partial charge in [0.2, 0.25) is 0 Å². The number of nitrogens with zero attached hydrogens (tertiary/aromatic N) is 1. The van der Waals surface area contributed by atoms with Gasteiger partial charge in [-0.25, -0.2) is 0 Å². The van der Waals surface area contributed by atoms with Crippen LogP contribution in [0, 0.1) is 0 Å². The Hall–Kier alpha value is -0.780. The van der Waals surface area contributed by atoms with Crippen molar-refractivity contribution in [3.05, 3.63) is 23.5 Å². The van der Waals surface area contributed by atoms with Crippen molar-refractivity contribution in [2.75, 3.05) is 0 Å². The van der Waals surface area contributed by atoms with Gasteiger partial charge < -0.3 is 5.11 Å². The van der Waals surface area contributed by atoms with Gasteiger partial charge in [0.25, 0.3) is 0 Å². The summed E-state index contributed by atoms with van der Waals surface area (Å²) in [5.74, 6) is -0.452. The van der Waals surface area contributed by atoms with E-state index in [1.54, 1.807) is 0 Å². The second-order valence-electron chi connectivity index (χ2n) is 2.32. The standard InChI is InChI=1S/C7H5BrF3NO/c8-2-5-6(13)1-4(3-12-5)7(9,10)11/h1,3,13H,2H2.